The summed E-state index contributed by atoms with van der Waals surface area (Å²) in [7, 11) is 0. The molecule has 4 aromatic carbocycles. The number of nitriles is 1. The lowest BCUT2D eigenvalue weighted by atomic mass is 10.1. The maximum atomic E-state index is 12.7. The molecule has 4 nitrogen and oxygen atoms in total. The molecule has 0 aliphatic heterocycles. The topological polar surface area (TPSA) is 62.1 Å². The van der Waals surface area contributed by atoms with Crippen molar-refractivity contribution in [1.82, 2.24) is 0 Å². The van der Waals surface area contributed by atoms with Gasteiger partial charge in [0.05, 0.1) is 8.04 Å². The third kappa shape index (κ3) is 6.23. The number of nitrogens with one attached hydrogen (secondary N) is 1. The van der Waals surface area contributed by atoms with Crippen molar-refractivity contribution >= 4 is 78.6 Å². The maximum absolute atomic E-state index is 12.7. The van der Waals surface area contributed by atoms with Crippen molar-refractivity contribution in [3.63, 3.8) is 0 Å². The number of fused-ring (bicyclic) bond motifs is 1. The van der Waals surface area contributed by atoms with E-state index in [2.05, 4.69) is 74.2 Å². The highest BCUT2D eigenvalue weighted by Crippen LogP contribution is 2.33. The number of anilines is 1. The molecule has 4 rings (SSSR count). The van der Waals surface area contributed by atoms with Gasteiger partial charge in [-0.15, -0.1) is 0 Å². The van der Waals surface area contributed by atoms with E-state index in [0.717, 1.165) is 24.6 Å². The number of nitrogens with zero attached hydrogens (tertiary/aromatic N) is 1. The summed E-state index contributed by atoms with van der Waals surface area (Å²) in [6.07, 6.45) is 1.55. The molecule has 0 spiro atoms. The Kier molecular flexibility index (Phi) is 8.11. The lowest BCUT2D eigenvalue weighted by Gasteiger charge is -2.12. The quantitative estimate of drug-likeness (QED) is 0.129. The Balaban J connectivity index is 1.51. The fraction of sp³-hybridized carbons (Fsp3) is 0.0714. The number of hydrogen-bond acceptors (Lipinski definition) is 3. The molecule has 0 radical (unpaired) electrons. The fourth-order valence-corrected chi connectivity index (χ4v) is 5.46. The zero-order valence-corrected chi connectivity index (χ0v) is 23.1. The Labute approximate surface area is 230 Å². The Morgan fingerprint density at radius 1 is 1.11 bits per heavy atom. The summed E-state index contributed by atoms with van der Waals surface area (Å²) in [4.78, 5) is 12.7. The average molecular weight is 658 g/mol. The van der Waals surface area contributed by atoms with Crippen LogP contribution in [0.5, 0.6) is 5.75 Å². The molecule has 1 N–H and O–H groups in total. The summed E-state index contributed by atoms with van der Waals surface area (Å²) in [6, 6.07) is 25.4. The van der Waals surface area contributed by atoms with E-state index in [1.165, 1.54) is 5.39 Å². The summed E-state index contributed by atoms with van der Waals surface area (Å²) in [5.41, 5.74) is 3.17. The second kappa shape index (κ2) is 11.3. The molecule has 174 valence electrons. The summed E-state index contributed by atoms with van der Waals surface area (Å²) in [5.74, 6) is 0.203. The molecular weight excluding hydrogens is 639 g/mol. The van der Waals surface area contributed by atoms with Gasteiger partial charge in [0, 0.05) is 10.7 Å². The van der Waals surface area contributed by atoms with E-state index in [0.29, 0.717) is 28.6 Å². The number of amides is 1. The second-order valence-electron chi connectivity index (χ2n) is 7.87. The third-order valence-electron chi connectivity index (χ3n) is 5.34. The highest BCUT2D eigenvalue weighted by Gasteiger charge is 2.14. The highest BCUT2D eigenvalue weighted by atomic mass is 127. The van der Waals surface area contributed by atoms with Crippen molar-refractivity contribution in [2.75, 3.05) is 5.32 Å². The van der Waals surface area contributed by atoms with Crippen molar-refractivity contribution in [3.05, 3.63) is 108 Å². The average Bonchev–Trinajstić information content (AvgIpc) is 2.84. The normalized spacial score (nSPS) is 11.2. The minimum absolute atomic E-state index is 0.0168. The van der Waals surface area contributed by atoms with E-state index in [1.54, 1.807) is 18.2 Å². The van der Waals surface area contributed by atoms with Gasteiger partial charge in [0.15, 0.2) is 0 Å². The van der Waals surface area contributed by atoms with Gasteiger partial charge in [-0.3, -0.25) is 4.79 Å². The first-order valence-electron chi connectivity index (χ1n) is 10.6. The molecule has 1 amide bonds. The molecule has 0 fully saturated rings. The molecule has 0 aromatic heterocycles. The molecule has 0 heterocycles. The van der Waals surface area contributed by atoms with Crippen molar-refractivity contribution in [1.29, 1.82) is 5.26 Å². The number of rotatable bonds is 6. The molecule has 7 heteroatoms. The first kappa shape index (κ1) is 25.2. The maximum Gasteiger partial charge on any atom is 0.266 e. The van der Waals surface area contributed by atoms with Gasteiger partial charge in [0.25, 0.3) is 5.91 Å². The second-order valence-corrected chi connectivity index (χ2v) is 10.3. The smallest absolute Gasteiger partial charge is 0.266 e. The van der Waals surface area contributed by atoms with Crippen LogP contribution in [0.1, 0.15) is 16.7 Å². The van der Waals surface area contributed by atoms with Gasteiger partial charge in [-0.2, -0.15) is 5.26 Å². The summed E-state index contributed by atoms with van der Waals surface area (Å²) in [5, 5.41) is 15.2. The molecule has 4 aromatic rings. The van der Waals surface area contributed by atoms with Gasteiger partial charge in [-0.25, -0.2) is 0 Å². The van der Waals surface area contributed by atoms with Crippen LogP contribution in [-0.2, 0) is 11.4 Å². The van der Waals surface area contributed by atoms with Gasteiger partial charge in [0.2, 0.25) is 0 Å². The van der Waals surface area contributed by atoms with Gasteiger partial charge in [-0.05, 0) is 109 Å². The van der Waals surface area contributed by atoms with E-state index in [4.69, 9.17) is 16.3 Å². The molecule has 35 heavy (non-hydrogen) atoms. The number of carbonyl (C=O) groups excluding carboxylic acids is 1. The predicted molar refractivity (Wildman–Crippen MR) is 154 cm³/mol. The predicted octanol–water partition coefficient (Wildman–Crippen LogP) is 8.29. The molecule has 0 atom stereocenters. The van der Waals surface area contributed by atoms with Crippen molar-refractivity contribution in [2.45, 2.75) is 13.5 Å². The van der Waals surface area contributed by atoms with Crippen LogP contribution in [0.3, 0.4) is 0 Å². The molecule has 0 aliphatic rings. The van der Waals surface area contributed by atoms with Crippen LogP contribution in [0.25, 0.3) is 16.8 Å². The molecule has 0 unspecified atom stereocenters. The van der Waals surface area contributed by atoms with Gasteiger partial charge >= 0.3 is 0 Å². The van der Waals surface area contributed by atoms with Gasteiger partial charge in [-0.1, -0.05) is 54.1 Å². The molecule has 0 saturated heterocycles. The zero-order chi connectivity index (χ0) is 24.9. The first-order chi connectivity index (χ1) is 16.8. The number of hydrogen-bond donors (Lipinski definition) is 1. The largest absolute Gasteiger partial charge is 0.487 e. The number of carbonyl (C=O) groups is 1. The standard InChI is InChI=1S/C28H19BrClIN2O2/c1-17-6-9-23(30)14-26(17)33-28(34)22(15-32)11-19-12-24(29)27(25(31)13-19)35-16-18-7-8-20-4-2-3-5-21(20)10-18/h2-14H,16H2,1H3,(H,33,34)/b22-11+. The third-order valence-corrected chi connectivity index (χ3v) is 6.97. The van der Waals surface area contributed by atoms with Gasteiger partial charge in [0.1, 0.15) is 24.0 Å². The summed E-state index contributed by atoms with van der Waals surface area (Å²) in [6.45, 7) is 2.28. The molecule has 0 saturated carbocycles. The fourth-order valence-electron chi connectivity index (χ4n) is 3.52. The highest BCUT2D eigenvalue weighted by molar-refractivity contribution is 14.1. The Morgan fingerprint density at radius 3 is 2.63 bits per heavy atom. The number of aryl methyl sites for hydroxylation is 1. The Morgan fingerprint density at radius 2 is 1.89 bits per heavy atom. The van der Waals surface area contributed by atoms with Crippen LogP contribution in [0.4, 0.5) is 5.69 Å². The minimum atomic E-state index is -0.499. The number of halogens is 3. The van der Waals surface area contributed by atoms with Crippen LogP contribution in [0, 0.1) is 21.8 Å². The number of benzene rings is 4. The van der Waals surface area contributed by atoms with E-state index in [1.807, 2.05) is 43.3 Å². The Hall–Kier alpha value is -2.86. The van der Waals surface area contributed by atoms with Crippen molar-refractivity contribution in [3.8, 4) is 11.8 Å². The van der Waals surface area contributed by atoms with E-state index >= 15 is 0 Å². The van der Waals surface area contributed by atoms with E-state index < -0.39 is 5.91 Å². The van der Waals surface area contributed by atoms with Crippen molar-refractivity contribution in [2.24, 2.45) is 0 Å². The number of ether oxygens (including phenoxy) is 1. The minimum Gasteiger partial charge on any atom is -0.487 e. The molecule has 0 aliphatic carbocycles. The first-order valence-corrected chi connectivity index (χ1v) is 12.9. The van der Waals surface area contributed by atoms with Crippen molar-refractivity contribution < 1.29 is 9.53 Å². The summed E-state index contributed by atoms with van der Waals surface area (Å²) >= 11 is 11.8. The van der Waals surface area contributed by atoms with E-state index in [9.17, 15) is 10.1 Å². The van der Waals surface area contributed by atoms with Crippen LogP contribution in [0.15, 0.2) is 82.8 Å². The lowest BCUT2D eigenvalue weighted by molar-refractivity contribution is -0.112. The summed E-state index contributed by atoms with van der Waals surface area (Å²) < 4.78 is 7.70. The van der Waals surface area contributed by atoms with Crippen LogP contribution >= 0.6 is 50.1 Å². The SMILES string of the molecule is Cc1ccc(Cl)cc1NC(=O)/C(C#N)=C/c1cc(Br)c(OCc2ccc3ccccc3c2)c(I)c1. The Bertz CT molecular complexity index is 1490. The zero-order valence-electron chi connectivity index (χ0n) is 18.6. The monoisotopic (exact) mass is 656 g/mol. The molecule has 0 bridgehead atoms. The van der Waals surface area contributed by atoms with E-state index in [-0.39, 0.29) is 5.57 Å². The van der Waals surface area contributed by atoms with Gasteiger partial charge < -0.3 is 10.1 Å². The van der Waals surface area contributed by atoms with Crippen LogP contribution in [0.2, 0.25) is 5.02 Å². The molecular formula is C28H19BrClIN2O2. The lowest BCUT2D eigenvalue weighted by Crippen LogP contribution is -2.14. The van der Waals surface area contributed by atoms with Crippen LogP contribution in [-0.4, -0.2) is 5.91 Å². The van der Waals surface area contributed by atoms with Crippen LogP contribution < -0.4 is 10.1 Å².